The second-order valence-electron chi connectivity index (χ2n) is 5.64. The number of imide groups is 1. The molecule has 1 aliphatic heterocycles. The Labute approximate surface area is 147 Å². The van der Waals surface area contributed by atoms with Gasteiger partial charge in [-0.3, -0.25) is 9.59 Å². The Kier molecular flexibility index (Phi) is 3.58. The Bertz CT molecular complexity index is 1120. The number of anilines is 1. The summed E-state index contributed by atoms with van der Waals surface area (Å²) in [7, 11) is 1.91. The molecule has 7 heteroatoms. The summed E-state index contributed by atoms with van der Waals surface area (Å²) in [6, 6.07) is 15.1. The van der Waals surface area contributed by atoms with Crippen molar-refractivity contribution in [2.24, 2.45) is 17.3 Å². The van der Waals surface area contributed by atoms with E-state index >= 15 is 0 Å². The molecule has 0 spiro atoms. The van der Waals surface area contributed by atoms with E-state index in [2.05, 4.69) is 10.2 Å². The first kappa shape index (κ1) is 15.5. The van der Waals surface area contributed by atoms with E-state index in [4.69, 9.17) is 0 Å². The van der Waals surface area contributed by atoms with Crippen LogP contribution in [-0.4, -0.2) is 22.1 Å². The normalized spacial score (nSPS) is 16.1. The first-order valence-electron chi connectivity index (χ1n) is 7.68. The van der Waals surface area contributed by atoms with E-state index in [0.717, 1.165) is 15.1 Å². The molecule has 4 rings (SSSR count). The average molecular weight is 350 g/mol. The van der Waals surface area contributed by atoms with Crippen molar-refractivity contribution in [1.29, 1.82) is 0 Å². The molecule has 0 fully saturated rings. The highest BCUT2D eigenvalue weighted by Gasteiger charge is 2.36. The molecule has 6 nitrogen and oxygen atoms in total. The molecule has 124 valence electrons. The van der Waals surface area contributed by atoms with Crippen LogP contribution in [0, 0.1) is 0 Å². The van der Waals surface area contributed by atoms with E-state index in [1.54, 1.807) is 18.2 Å². The number of thiazole rings is 1. The van der Waals surface area contributed by atoms with Crippen LogP contribution in [0.4, 0.5) is 5.69 Å². The van der Waals surface area contributed by atoms with Crippen LogP contribution in [-0.2, 0) is 16.6 Å². The molecule has 0 radical (unpaired) electrons. The highest BCUT2D eigenvalue weighted by molar-refractivity contribution is 7.16. The maximum Gasteiger partial charge on any atom is 0.286 e. The Balaban J connectivity index is 1.87. The van der Waals surface area contributed by atoms with Gasteiger partial charge in [-0.2, -0.15) is 0 Å². The number of benzene rings is 2. The van der Waals surface area contributed by atoms with Gasteiger partial charge in [-0.15, -0.1) is 10.2 Å². The summed E-state index contributed by atoms with van der Waals surface area (Å²) in [5, 5.41) is 8.47. The van der Waals surface area contributed by atoms with Gasteiger partial charge in [0.2, 0.25) is 10.7 Å². The summed E-state index contributed by atoms with van der Waals surface area (Å²) < 4.78 is 3.02. The molecule has 0 saturated heterocycles. The minimum atomic E-state index is -0.443. The summed E-state index contributed by atoms with van der Waals surface area (Å²) in [6.45, 7) is 1.36. The molecule has 0 unspecified atom stereocenters. The van der Waals surface area contributed by atoms with Gasteiger partial charge in [0.05, 0.1) is 15.9 Å². The molecule has 25 heavy (non-hydrogen) atoms. The molecular formula is C18H14N4O2S. The largest absolute Gasteiger partial charge is 0.318 e. The number of nitrogens with zero attached hydrogens (tertiary/aromatic N) is 4. The fourth-order valence-corrected chi connectivity index (χ4v) is 3.85. The fourth-order valence-electron chi connectivity index (χ4n) is 2.88. The van der Waals surface area contributed by atoms with Crippen LogP contribution in [0.25, 0.3) is 10.2 Å². The fraction of sp³-hybridized carbons (Fsp3) is 0.111. The zero-order valence-electron chi connectivity index (χ0n) is 13.6. The second kappa shape index (κ2) is 5.78. The lowest BCUT2D eigenvalue weighted by molar-refractivity contribution is -0.121. The lowest BCUT2D eigenvalue weighted by atomic mass is 10.1. The third-order valence-electron chi connectivity index (χ3n) is 4.07. The lowest BCUT2D eigenvalue weighted by Gasteiger charge is -2.10. The van der Waals surface area contributed by atoms with Crippen LogP contribution in [0.3, 0.4) is 0 Å². The Morgan fingerprint density at radius 1 is 1.04 bits per heavy atom. The van der Waals surface area contributed by atoms with Crippen LogP contribution in [0.1, 0.15) is 12.5 Å². The van der Waals surface area contributed by atoms with Gasteiger partial charge in [0.15, 0.2) is 5.71 Å². The monoisotopic (exact) mass is 350 g/mol. The van der Waals surface area contributed by atoms with Gasteiger partial charge in [0.1, 0.15) is 0 Å². The molecule has 0 N–H and O–H groups in total. The number of carbonyl (C=O) groups is 2. The standard InChI is InChI=1S/C18H14N4O2S/c1-11(23)22-13-8-4-3-7-12(13)16(17(22)24)19-20-18-21(2)14-9-5-6-10-15(14)25-18/h3-10H,1-2H3/b19-16-,20-18+. The number of aromatic nitrogens is 1. The van der Waals surface area contributed by atoms with E-state index in [1.165, 1.54) is 18.3 Å². The SMILES string of the molecule is CC(=O)N1C(=O)/C(=N\N=c2\sc3ccccc3n2C)c2ccccc21. The highest BCUT2D eigenvalue weighted by Crippen LogP contribution is 2.29. The number of fused-ring (bicyclic) bond motifs is 2. The van der Waals surface area contributed by atoms with Crippen molar-refractivity contribution >= 4 is 44.8 Å². The Hall–Kier alpha value is -3.06. The van der Waals surface area contributed by atoms with Gasteiger partial charge in [0.25, 0.3) is 5.91 Å². The quantitative estimate of drug-likeness (QED) is 0.633. The van der Waals surface area contributed by atoms with Crippen LogP contribution in [0.5, 0.6) is 0 Å². The second-order valence-corrected chi connectivity index (χ2v) is 6.65. The third-order valence-corrected chi connectivity index (χ3v) is 5.17. The van der Waals surface area contributed by atoms with E-state index in [1.807, 2.05) is 41.9 Å². The van der Waals surface area contributed by atoms with E-state index in [-0.39, 0.29) is 11.6 Å². The zero-order valence-corrected chi connectivity index (χ0v) is 14.4. The zero-order chi connectivity index (χ0) is 17.6. The van der Waals surface area contributed by atoms with Crippen molar-refractivity contribution in [3.05, 3.63) is 58.9 Å². The van der Waals surface area contributed by atoms with Crippen molar-refractivity contribution in [2.45, 2.75) is 6.92 Å². The summed E-state index contributed by atoms with van der Waals surface area (Å²) in [5.74, 6) is -0.781. The van der Waals surface area contributed by atoms with Crippen LogP contribution >= 0.6 is 11.3 Å². The first-order valence-corrected chi connectivity index (χ1v) is 8.50. The number of hydrogen-bond donors (Lipinski definition) is 0. The maximum absolute atomic E-state index is 12.6. The molecular weight excluding hydrogens is 336 g/mol. The maximum atomic E-state index is 12.6. The van der Waals surface area contributed by atoms with Gasteiger partial charge < -0.3 is 4.57 Å². The molecule has 2 amide bonds. The third kappa shape index (κ3) is 2.40. The van der Waals surface area contributed by atoms with Gasteiger partial charge >= 0.3 is 0 Å². The molecule has 0 aliphatic carbocycles. The number of rotatable bonds is 1. The number of amides is 2. The number of carbonyl (C=O) groups excluding carboxylic acids is 2. The number of para-hydroxylation sites is 2. The molecule has 0 atom stereocenters. The van der Waals surface area contributed by atoms with Crippen molar-refractivity contribution < 1.29 is 9.59 Å². The summed E-state index contributed by atoms with van der Waals surface area (Å²) >= 11 is 1.49. The first-order chi connectivity index (χ1) is 12.1. The van der Waals surface area contributed by atoms with Crippen LogP contribution in [0.15, 0.2) is 58.7 Å². The van der Waals surface area contributed by atoms with Gasteiger partial charge in [-0.25, -0.2) is 4.90 Å². The molecule has 3 aromatic rings. The topological polar surface area (TPSA) is 67.0 Å². The van der Waals surface area contributed by atoms with Crippen molar-refractivity contribution in [2.75, 3.05) is 4.90 Å². The smallest absolute Gasteiger partial charge is 0.286 e. The summed E-state index contributed by atoms with van der Waals surface area (Å²) in [6.07, 6.45) is 0. The number of hydrogen-bond acceptors (Lipinski definition) is 5. The lowest BCUT2D eigenvalue weighted by Crippen LogP contribution is -2.34. The van der Waals surface area contributed by atoms with E-state index in [9.17, 15) is 9.59 Å². The molecule has 0 saturated carbocycles. The molecule has 2 heterocycles. The Morgan fingerprint density at radius 3 is 2.52 bits per heavy atom. The molecule has 1 aliphatic rings. The molecule has 1 aromatic heterocycles. The van der Waals surface area contributed by atoms with Gasteiger partial charge in [-0.1, -0.05) is 41.7 Å². The average Bonchev–Trinajstić information content (AvgIpc) is 3.07. The van der Waals surface area contributed by atoms with Crippen molar-refractivity contribution in [3.8, 4) is 0 Å². The number of aryl methyl sites for hydroxylation is 1. The van der Waals surface area contributed by atoms with Crippen LogP contribution in [0.2, 0.25) is 0 Å². The van der Waals surface area contributed by atoms with Crippen LogP contribution < -0.4 is 9.70 Å². The highest BCUT2D eigenvalue weighted by atomic mass is 32.1. The minimum Gasteiger partial charge on any atom is -0.318 e. The van der Waals surface area contributed by atoms with Crippen molar-refractivity contribution in [3.63, 3.8) is 0 Å². The predicted molar refractivity (Wildman–Crippen MR) is 97.5 cm³/mol. The van der Waals surface area contributed by atoms with Gasteiger partial charge in [0, 0.05) is 19.5 Å². The van der Waals surface area contributed by atoms with E-state index < -0.39 is 5.91 Å². The van der Waals surface area contributed by atoms with E-state index in [0.29, 0.717) is 16.1 Å². The van der Waals surface area contributed by atoms with Crippen molar-refractivity contribution in [1.82, 2.24) is 4.57 Å². The van der Waals surface area contributed by atoms with Gasteiger partial charge in [-0.05, 0) is 18.2 Å². The molecule has 2 aromatic carbocycles. The summed E-state index contributed by atoms with van der Waals surface area (Å²) in [5.41, 5.74) is 2.41. The summed E-state index contributed by atoms with van der Waals surface area (Å²) in [4.78, 5) is 26.2. The predicted octanol–water partition coefficient (Wildman–Crippen LogP) is 2.44. The minimum absolute atomic E-state index is 0.184. The Morgan fingerprint density at radius 2 is 1.76 bits per heavy atom. The molecule has 0 bridgehead atoms.